The first-order chi connectivity index (χ1) is 13.2. The maximum atomic E-state index is 12.6. The molecule has 1 aliphatic heterocycles. The van der Waals surface area contributed by atoms with Gasteiger partial charge in [-0.2, -0.15) is 9.61 Å². The Morgan fingerprint density at radius 3 is 2.63 bits per heavy atom. The molecule has 4 rings (SSSR count). The van der Waals surface area contributed by atoms with Gasteiger partial charge in [-0.15, -0.1) is 0 Å². The van der Waals surface area contributed by atoms with E-state index in [2.05, 4.69) is 22.3 Å². The van der Waals surface area contributed by atoms with E-state index in [0.717, 1.165) is 60.6 Å². The fourth-order valence-corrected chi connectivity index (χ4v) is 3.51. The van der Waals surface area contributed by atoms with Gasteiger partial charge in [0, 0.05) is 43.0 Å². The Labute approximate surface area is 159 Å². The lowest BCUT2D eigenvalue weighted by atomic mass is 10.1. The maximum Gasteiger partial charge on any atom is 0.253 e. The zero-order chi connectivity index (χ0) is 18.6. The zero-order valence-corrected chi connectivity index (χ0v) is 15.7. The van der Waals surface area contributed by atoms with Gasteiger partial charge in [0.1, 0.15) is 5.82 Å². The highest BCUT2D eigenvalue weighted by Gasteiger charge is 2.17. The number of hydrogen-bond donors (Lipinski definition) is 1. The normalized spacial score (nSPS) is 14.5. The molecule has 6 heteroatoms. The van der Waals surface area contributed by atoms with E-state index in [1.54, 1.807) is 6.20 Å². The molecule has 0 atom stereocenters. The minimum atomic E-state index is 0.147. The predicted molar refractivity (Wildman–Crippen MR) is 106 cm³/mol. The van der Waals surface area contributed by atoms with Gasteiger partial charge in [0.05, 0.1) is 6.20 Å². The fourth-order valence-electron chi connectivity index (χ4n) is 3.51. The Kier molecular flexibility index (Phi) is 5.05. The van der Waals surface area contributed by atoms with Crippen molar-refractivity contribution in [2.24, 2.45) is 0 Å². The zero-order valence-electron chi connectivity index (χ0n) is 15.7. The van der Waals surface area contributed by atoms with Crippen LogP contribution in [0.25, 0.3) is 5.65 Å². The Bertz CT molecular complexity index is 925. The molecule has 140 valence electrons. The van der Waals surface area contributed by atoms with Crippen molar-refractivity contribution in [1.82, 2.24) is 19.5 Å². The third kappa shape index (κ3) is 3.79. The van der Waals surface area contributed by atoms with Crippen molar-refractivity contribution < 1.29 is 4.79 Å². The lowest BCUT2D eigenvalue weighted by molar-refractivity contribution is 0.0724. The summed E-state index contributed by atoms with van der Waals surface area (Å²) in [6, 6.07) is 11.8. The van der Waals surface area contributed by atoms with Crippen LogP contribution in [0.2, 0.25) is 0 Å². The second kappa shape index (κ2) is 7.78. The standard InChI is InChI=1S/C21H25N5O/c1-2-18-14-20(26-19(24-18)10-11-23-26)22-15-16-6-8-17(9-7-16)21(27)25-12-4-3-5-13-25/h6-11,14,22H,2-5,12-13,15H2,1H3. The molecule has 0 unspecified atom stereocenters. The lowest BCUT2D eigenvalue weighted by Crippen LogP contribution is -2.35. The van der Waals surface area contributed by atoms with Gasteiger partial charge in [-0.25, -0.2) is 4.98 Å². The first-order valence-corrected chi connectivity index (χ1v) is 9.70. The number of likely N-dealkylation sites (tertiary alicyclic amines) is 1. The average Bonchev–Trinajstić information content (AvgIpc) is 3.21. The molecule has 3 heterocycles. The lowest BCUT2D eigenvalue weighted by Gasteiger charge is -2.26. The summed E-state index contributed by atoms with van der Waals surface area (Å²) >= 11 is 0. The molecule has 1 aliphatic rings. The Hall–Kier alpha value is -2.89. The molecule has 3 aromatic rings. The highest BCUT2D eigenvalue weighted by molar-refractivity contribution is 5.94. The van der Waals surface area contributed by atoms with E-state index < -0.39 is 0 Å². The number of aromatic nitrogens is 3. The monoisotopic (exact) mass is 363 g/mol. The molecule has 0 spiro atoms. The number of aryl methyl sites for hydroxylation is 1. The van der Waals surface area contributed by atoms with Crippen molar-refractivity contribution in [3.05, 3.63) is 59.4 Å². The topological polar surface area (TPSA) is 62.5 Å². The average molecular weight is 363 g/mol. The Morgan fingerprint density at radius 2 is 1.89 bits per heavy atom. The highest BCUT2D eigenvalue weighted by Crippen LogP contribution is 2.16. The van der Waals surface area contributed by atoms with E-state index in [0.29, 0.717) is 6.54 Å². The van der Waals surface area contributed by atoms with E-state index >= 15 is 0 Å². The molecule has 1 amide bonds. The van der Waals surface area contributed by atoms with Gasteiger partial charge < -0.3 is 10.2 Å². The van der Waals surface area contributed by atoms with Crippen molar-refractivity contribution in [2.75, 3.05) is 18.4 Å². The van der Waals surface area contributed by atoms with Gasteiger partial charge in [-0.05, 0) is 43.4 Å². The molecule has 1 aromatic carbocycles. The third-order valence-electron chi connectivity index (χ3n) is 5.09. The molecule has 1 N–H and O–H groups in total. The second-order valence-electron chi connectivity index (χ2n) is 6.99. The highest BCUT2D eigenvalue weighted by atomic mass is 16.2. The number of hydrogen-bond acceptors (Lipinski definition) is 4. The molecule has 0 radical (unpaired) electrons. The summed E-state index contributed by atoms with van der Waals surface area (Å²) in [5, 5.41) is 7.78. The molecule has 1 saturated heterocycles. The summed E-state index contributed by atoms with van der Waals surface area (Å²) in [5.41, 5.74) is 3.78. The van der Waals surface area contributed by atoms with Crippen LogP contribution in [0, 0.1) is 0 Å². The third-order valence-corrected chi connectivity index (χ3v) is 5.09. The fraction of sp³-hybridized carbons (Fsp3) is 0.381. The van der Waals surface area contributed by atoms with Crippen molar-refractivity contribution in [3.63, 3.8) is 0 Å². The summed E-state index contributed by atoms with van der Waals surface area (Å²) in [7, 11) is 0. The van der Waals surface area contributed by atoms with Gasteiger partial charge >= 0.3 is 0 Å². The van der Waals surface area contributed by atoms with E-state index in [-0.39, 0.29) is 5.91 Å². The smallest absolute Gasteiger partial charge is 0.253 e. The summed E-state index contributed by atoms with van der Waals surface area (Å²) < 4.78 is 1.81. The van der Waals surface area contributed by atoms with Crippen molar-refractivity contribution in [2.45, 2.75) is 39.2 Å². The number of fused-ring (bicyclic) bond motifs is 1. The Balaban J connectivity index is 1.45. The minimum absolute atomic E-state index is 0.147. The van der Waals surface area contributed by atoms with Crippen molar-refractivity contribution in [3.8, 4) is 0 Å². The number of amides is 1. The van der Waals surface area contributed by atoms with Crippen LogP contribution in [0.3, 0.4) is 0 Å². The second-order valence-corrected chi connectivity index (χ2v) is 6.99. The van der Waals surface area contributed by atoms with Crippen LogP contribution in [0.5, 0.6) is 0 Å². The number of benzene rings is 1. The van der Waals surface area contributed by atoms with Gasteiger partial charge in [0.25, 0.3) is 5.91 Å². The van der Waals surface area contributed by atoms with Crippen LogP contribution in [0.15, 0.2) is 42.6 Å². The number of nitrogens with one attached hydrogen (secondary N) is 1. The molecular formula is C21H25N5O. The van der Waals surface area contributed by atoms with Gasteiger partial charge in [0.2, 0.25) is 0 Å². The van der Waals surface area contributed by atoms with Crippen LogP contribution in [-0.4, -0.2) is 38.5 Å². The van der Waals surface area contributed by atoms with Crippen LogP contribution >= 0.6 is 0 Å². The van der Waals surface area contributed by atoms with E-state index in [1.807, 2.05) is 45.8 Å². The van der Waals surface area contributed by atoms with Crippen LogP contribution in [0.4, 0.5) is 5.82 Å². The molecule has 6 nitrogen and oxygen atoms in total. The number of piperidine rings is 1. The van der Waals surface area contributed by atoms with Crippen LogP contribution in [0.1, 0.15) is 47.8 Å². The quantitative estimate of drug-likeness (QED) is 0.753. The van der Waals surface area contributed by atoms with Gasteiger partial charge in [-0.1, -0.05) is 19.1 Å². The first-order valence-electron chi connectivity index (χ1n) is 9.70. The van der Waals surface area contributed by atoms with Crippen molar-refractivity contribution >= 4 is 17.4 Å². The number of anilines is 1. The molecule has 27 heavy (non-hydrogen) atoms. The molecule has 0 bridgehead atoms. The summed E-state index contributed by atoms with van der Waals surface area (Å²) in [4.78, 5) is 19.1. The number of carbonyl (C=O) groups excluding carboxylic acids is 1. The SMILES string of the molecule is CCc1cc(NCc2ccc(C(=O)N3CCCCC3)cc2)n2nccc2n1. The predicted octanol–water partition coefficient (Wildman–Crippen LogP) is 3.53. The summed E-state index contributed by atoms with van der Waals surface area (Å²) in [6.07, 6.45) is 6.09. The van der Waals surface area contributed by atoms with Crippen LogP contribution in [-0.2, 0) is 13.0 Å². The van der Waals surface area contributed by atoms with E-state index in [9.17, 15) is 4.79 Å². The molecular weight excluding hydrogens is 338 g/mol. The Morgan fingerprint density at radius 1 is 1.11 bits per heavy atom. The van der Waals surface area contributed by atoms with Crippen molar-refractivity contribution in [1.29, 1.82) is 0 Å². The largest absolute Gasteiger partial charge is 0.366 e. The van der Waals surface area contributed by atoms with E-state index in [1.165, 1.54) is 6.42 Å². The maximum absolute atomic E-state index is 12.6. The molecule has 1 fully saturated rings. The number of nitrogens with zero attached hydrogens (tertiary/aromatic N) is 4. The summed E-state index contributed by atoms with van der Waals surface area (Å²) in [5.74, 6) is 1.07. The molecule has 0 aliphatic carbocycles. The minimum Gasteiger partial charge on any atom is -0.366 e. The summed E-state index contributed by atoms with van der Waals surface area (Å²) in [6.45, 7) is 4.52. The first kappa shape index (κ1) is 17.5. The van der Waals surface area contributed by atoms with Gasteiger partial charge in [-0.3, -0.25) is 4.79 Å². The van der Waals surface area contributed by atoms with E-state index in [4.69, 9.17) is 0 Å². The number of rotatable bonds is 5. The molecule has 0 saturated carbocycles. The van der Waals surface area contributed by atoms with Gasteiger partial charge in [0.15, 0.2) is 5.65 Å². The van der Waals surface area contributed by atoms with Crippen LogP contribution < -0.4 is 5.32 Å². The number of carbonyl (C=O) groups is 1. The molecule has 2 aromatic heterocycles.